The van der Waals surface area contributed by atoms with Crippen molar-refractivity contribution in [3.8, 4) is 0 Å². The number of hydrogen-bond acceptors (Lipinski definition) is 4. The number of rotatable bonds is 6. The van der Waals surface area contributed by atoms with Gasteiger partial charge in [-0.3, -0.25) is 4.79 Å². The molecule has 0 radical (unpaired) electrons. The van der Waals surface area contributed by atoms with E-state index in [1.165, 1.54) is 0 Å². The van der Waals surface area contributed by atoms with Gasteiger partial charge in [0, 0.05) is 28.9 Å². The second-order valence-electron chi connectivity index (χ2n) is 7.55. The van der Waals surface area contributed by atoms with Crippen molar-refractivity contribution in [2.75, 3.05) is 11.1 Å². The number of anilines is 2. The number of nitrogen functional groups attached to an aromatic ring is 1. The first-order valence-corrected chi connectivity index (χ1v) is 11.1. The van der Waals surface area contributed by atoms with Crippen LogP contribution >= 0.6 is 0 Å². The minimum Gasteiger partial charge on any atom is -0.399 e. The lowest BCUT2D eigenvalue weighted by Gasteiger charge is -2.23. The van der Waals surface area contributed by atoms with Gasteiger partial charge in [0.2, 0.25) is 10.0 Å². The summed E-state index contributed by atoms with van der Waals surface area (Å²) in [6.07, 6.45) is 2.78. The van der Waals surface area contributed by atoms with E-state index in [2.05, 4.69) is 10.0 Å². The fourth-order valence-electron chi connectivity index (χ4n) is 3.50. The molecule has 2 atom stereocenters. The molecule has 0 bridgehead atoms. The molecule has 1 aliphatic carbocycles. The normalized spacial score (nSPS) is 19.7. The summed E-state index contributed by atoms with van der Waals surface area (Å²) in [6, 6.07) is 14.3. The molecule has 1 amide bonds. The quantitative estimate of drug-likeness (QED) is 0.645. The minimum atomic E-state index is -3.30. The Hall–Kier alpha value is -2.38. The van der Waals surface area contributed by atoms with E-state index in [9.17, 15) is 13.2 Å². The molecule has 28 heavy (non-hydrogen) atoms. The Labute approximate surface area is 166 Å². The third-order valence-electron chi connectivity index (χ3n) is 5.22. The van der Waals surface area contributed by atoms with Crippen molar-refractivity contribution in [1.29, 1.82) is 0 Å². The van der Waals surface area contributed by atoms with Crippen molar-refractivity contribution < 1.29 is 13.2 Å². The first kappa shape index (κ1) is 20.4. The van der Waals surface area contributed by atoms with Crippen LogP contribution in [0.15, 0.2) is 48.5 Å². The van der Waals surface area contributed by atoms with E-state index in [-0.39, 0.29) is 17.9 Å². The summed E-state index contributed by atoms with van der Waals surface area (Å²) < 4.78 is 27.3. The van der Waals surface area contributed by atoms with Crippen molar-refractivity contribution in [3.05, 3.63) is 59.7 Å². The number of carbonyl (C=O) groups excluding carboxylic acids is 1. The number of sulfonamides is 1. The van der Waals surface area contributed by atoms with E-state index in [1.54, 1.807) is 38.1 Å². The minimum absolute atomic E-state index is 0.0809. The van der Waals surface area contributed by atoms with Gasteiger partial charge in [0.05, 0.1) is 5.25 Å². The lowest BCUT2D eigenvalue weighted by atomic mass is 9.94. The van der Waals surface area contributed by atoms with Gasteiger partial charge in [-0.2, -0.15) is 0 Å². The van der Waals surface area contributed by atoms with Crippen molar-refractivity contribution in [2.24, 2.45) is 0 Å². The molecule has 2 aromatic carbocycles. The Balaban J connectivity index is 1.68. The summed E-state index contributed by atoms with van der Waals surface area (Å²) >= 11 is 0. The van der Waals surface area contributed by atoms with Crippen molar-refractivity contribution in [3.63, 3.8) is 0 Å². The third-order valence-corrected chi connectivity index (χ3v) is 7.09. The molecule has 1 aliphatic rings. The molecule has 0 aromatic heterocycles. The molecule has 1 fully saturated rings. The van der Waals surface area contributed by atoms with Gasteiger partial charge in [-0.15, -0.1) is 0 Å². The van der Waals surface area contributed by atoms with Crippen LogP contribution in [0.1, 0.15) is 54.9 Å². The number of amides is 1. The zero-order chi connectivity index (χ0) is 20.3. The molecular formula is C21H27N3O3S. The molecule has 3 rings (SSSR count). The van der Waals surface area contributed by atoms with Crippen LogP contribution in [0.2, 0.25) is 0 Å². The summed E-state index contributed by atoms with van der Waals surface area (Å²) in [5.74, 6) is -0.0495. The molecule has 6 nitrogen and oxygen atoms in total. The Morgan fingerprint density at radius 3 is 2.29 bits per heavy atom. The third kappa shape index (κ3) is 4.72. The Morgan fingerprint density at radius 1 is 1.04 bits per heavy atom. The summed E-state index contributed by atoms with van der Waals surface area (Å²) in [7, 11) is -3.30. The van der Waals surface area contributed by atoms with Gasteiger partial charge >= 0.3 is 0 Å². The largest absolute Gasteiger partial charge is 0.399 e. The van der Waals surface area contributed by atoms with E-state index in [1.807, 2.05) is 24.3 Å². The predicted octanol–water partition coefficient (Wildman–Crippen LogP) is 3.49. The molecule has 0 spiro atoms. The van der Waals surface area contributed by atoms with Crippen molar-refractivity contribution >= 4 is 27.3 Å². The Kier molecular flexibility index (Phi) is 6.05. The van der Waals surface area contributed by atoms with Crippen LogP contribution in [0, 0.1) is 0 Å². The van der Waals surface area contributed by atoms with Crippen LogP contribution in [0.3, 0.4) is 0 Å². The zero-order valence-corrected chi connectivity index (χ0v) is 17.0. The zero-order valence-electron chi connectivity index (χ0n) is 16.2. The number of nitrogens with one attached hydrogen (secondary N) is 2. The summed E-state index contributed by atoms with van der Waals surface area (Å²) in [5, 5.41) is 2.42. The van der Waals surface area contributed by atoms with Gasteiger partial charge in [0.15, 0.2) is 0 Å². The van der Waals surface area contributed by atoms with E-state index >= 15 is 0 Å². The maximum atomic E-state index is 12.3. The summed E-state index contributed by atoms with van der Waals surface area (Å²) in [4.78, 5) is 12.3. The smallest absolute Gasteiger partial charge is 0.255 e. The lowest BCUT2D eigenvalue weighted by molar-refractivity contribution is 0.102. The number of benzene rings is 2. The summed E-state index contributed by atoms with van der Waals surface area (Å²) in [5.41, 5.74) is 8.58. The van der Waals surface area contributed by atoms with Crippen LogP contribution < -0.4 is 15.8 Å². The average Bonchev–Trinajstić information content (AvgIpc) is 3.10. The molecule has 1 saturated carbocycles. The van der Waals surface area contributed by atoms with Crippen LogP contribution in [-0.4, -0.2) is 25.6 Å². The van der Waals surface area contributed by atoms with Gasteiger partial charge in [0.25, 0.3) is 5.91 Å². The molecule has 0 aliphatic heterocycles. The molecule has 2 unspecified atom stereocenters. The topological polar surface area (TPSA) is 101 Å². The molecule has 2 aromatic rings. The van der Waals surface area contributed by atoms with Gasteiger partial charge in [-0.05, 0) is 68.7 Å². The van der Waals surface area contributed by atoms with Gasteiger partial charge in [0.1, 0.15) is 0 Å². The summed E-state index contributed by atoms with van der Waals surface area (Å²) in [6.45, 7) is 3.37. The highest BCUT2D eigenvalue weighted by Crippen LogP contribution is 2.35. The first-order valence-electron chi connectivity index (χ1n) is 9.54. The molecule has 150 valence electrons. The SMILES string of the molecule is CC(C)S(=O)(=O)NC1CCCC1c1ccc(NC(=O)c2ccc(N)cc2)cc1. The fraction of sp³-hybridized carbons (Fsp3) is 0.381. The highest BCUT2D eigenvalue weighted by Gasteiger charge is 2.32. The highest BCUT2D eigenvalue weighted by atomic mass is 32.2. The molecule has 4 N–H and O–H groups in total. The maximum absolute atomic E-state index is 12.3. The second-order valence-corrected chi connectivity index (χ2v) is 9.82. The second kappa shape index (κ2) is 8.32. The van der Waals surface area contributed by atoms with Gasteiger partial charge in [-0.25, -0.2) is 13.1 Å². The lowest BCUT2D eigenvalue weighted by Crippen LogP contribution is -2.40. The molecule has 7 heteroatoms. The highest BCUT2D eigenvalue weighted by molar-refractivity contribution is 7.90. The Morgan fingerprint density at radius 2 is 1.68 bits per heavy atom. The standard InChI is InChI=1S/C21H27N3O3S/c1-14(2)28(26,27)24-20-5-3-4-19(20)15-8-12-18(13-9-15)23-21(25)16-6-10-17(22)11-7-16/h6-14,19-20,24H,3-5,22H2,1-2H3,(H,23,25). The maximum Gasteiger partial charge on any atom is 0.255 e. The van der Waals surface area contributed by atoms with Gasteiger partial charge < -0.3 is 11.1 Å². The van der Waals surface area contributed by atoms with Crippen molar-refractivity contribution in [2.45, 2.75) is 50.3 Å². The van der Waals surface area contributed by atoms with E-state index in [0.717, 1.165) is 24.8 Å². The number of hydrogen-bond donors (Lipinski definition) is 3. The fourth-order valence-corrected chi connectivity index (χ4v) is 4.47. The van der Waals surface area contributed by atoms with E-state index in [0.29, 0.717) is 16.9 Å². The van der Waals surface area contributed by atoms with E-state index in [4.69, 9.17) is 5.73 Å². The van der Waals surface area contributed by atoms with E-state index < -0.39 is 15.3 Å². The van der Waals surface area contributed by atoms with Crippen LogP contribution in [0.4, 0.5) is 11.4 Å². The predicted molar refractivity (Wildman–Crippen MR) is 113 cm³/mol. The molecule has 0 saturated heterocycles. The van der Waals surface area contributed by atoms with Crippen LogP contribution in [-0.2, 0) is 10.0 Å². The monoisotopic (exact) mass is 401 g/mol. The van der Waals surface area contributed by atoms with Crippen molar-refractivity contribution in [1.82, 2.24) is 4.72 Å². The first-order chi connectivity index (χ1) is 13.3. The van der Waals surface area contributed by atoms with Gasteiger partial charge in [-0.1, -0.05) is 18.6 Å². The van der Waals surface area contributed by atoms with Crippen LogP contribution in [0.5, 0.6) is 0 Å². The molecule has 0 heterocycles. The Bertz CT molecular complexity index is 922. The van der Waals surface area contributed by atoms with Crippen LogP contribution in [0.25, 0.3) is 0 Å². The number of carbonyl (C=O) groups is 1. The number of nitrogens with two attached hydrogens (primary N) is 1. The molecular weight excluding hydrogens is 374 g/mol. The average molecular weight is 402 g/mol.